The van der Waals surface area contributed by atoms with Crippen LogP contribution in [0.3, 0.4) is 0 Å². The number of hydrogen-bond donors (Lipinski definition) is 2. The van der Waals surface area contributed by atoms with Crippen LogP contribution in [0.25, 0.3) is 0 Å². The highest BCUT2D eigenvalue weighted by Crippen LogP contribution is 2.22. The van der Waals surface area contributed by atoms with Crippen LogP contribution >= 0.6 is 0 Å². The predicted molar refractivity (Wildman–Crippen MR) is 111 cm³/mol. The van der Waals surface area contributed by atoms with E-state index in [2.05, 4.69) is 11.9 Å². The van der Waals surface area contributed by atoms with Gasteiger partial charge < -0.3 is 20.2 Å². The molecule has 8 heteroatoms. The molecule has 0 radical (unpaired) electrons. The second-order valence-corrected chi connectivity index (χ2v) is 7.73. The summed E-state index contributed by atoms with van der Waals surface area (Å²) >= 11 is 0. The van der Waals surface area contributed by atoms with Crippen molar-refractivity contribution in [1.82, 2.24) is 15.1 Å². The van der Waals surface area contributed by atoms with E-state index in [1.54, 1.807) is 0 Å². The van der Waals surface area contributed by atoms with Gasteiger partial charge in [-0.3, -0.25) is 19.2 Å². The van der Waals surface area contributed by atoms with Crippen LogP contribution in [0.15, 0.2) is 43.0 Å². The van der Waals surface area contributed by atoms with E-state index < -0.39 is 30.5 Å². The Bertz CT molecular complexity index is 793. The van der Waals surface area contributed by atoms with Gasteiger partial charge >= 0.3 is 5.97 Å². The van der Waals surface area contributed by atoms with Gasteiger partial charge in [0, 0.05) is 19.5 Å². The number of piperazine rings is 1. The van der Waals surface area contributed by atoms with Crippen molar-refractivity contribution in [3.8, 4) is 0 Å². The Balaban J connectivity index is 2.32. The summed E-state index contributed by atoms with van der Waals surface area (Å²) in [5.41, 5.74) is 0.853. The van der Waals surface area contributed by atoms with Gasteiger partial charge in [-0.05, 0) is 24.0 Å². The normalized spacial score (nSPS) is 17.6. The average Bonchev–Trinajstić information content (AvgIpc) is 2.72. The topological polar surface area (TPSA) is 107 Å². The summed E-state index contributed by atoms with van der Waals surface area (Å²) in [6.45, 7) is 7.39. The highest BCUT2D eigenvalue weighted by atomic mass is 16.4. The first kappa shape index (κ1) is 23.1. The first-order valence-corrected chi connectivity index (χ1v) is 10.0. The lowest BCUT2D eigenvalue weighted by Crippen LogP contribution is -2.63. The molecule has 0 saturated carbocycles. The number of hydrogen-bond acceptors (Lipinski definition) is 4. The number of aliphatic carboxylic acids is 1. The highest BCUT2D eigenvalue weighted by molar-refractivity contribution is 5.96. The Hall–Kier alpha value is -3.16. The van der Waals surface area contributed by atoms with Crippen molar-refractivity contribution in [1.29, 1.82) is 0 Å². The number of nitrogens with one attached hydrogen (secondary N) is 1. The molecule has 0 bridgehead atoms. The first-order chi connectivity index (χ1) is 14.2. The SMILES string of the molecule is C=CC(=O)N1CCN([C@@H](Cc2ccccc2)C(=O)NCC(=O)O)C(=O)[C@@H]1CC(C)C. The van der Waals surface area contributed by atoms with Crippen LogP contribution in [-0.2, 0) is 25.6 Å². The van der Waals surface area contributed by atoms with Crippen molar-refractivity contribution in [2.45, 2.75) is 38.8 Å². The summed E-state index contributed by atoms with van der Waals surface area (Å²) in [5.74, 6) is -2.15. The summed E-state index contributed by atoms with van der Waals surface area (Å²) in [6.07, 6.45) is 1.91. The van der Waals surface area contributed by atoms with E-state index in [1.165, 1.54) is 15.9 Å². The zero-order chi connectivity index (χ0) is 22.3. The molecule has 1 aromatic carbocycles. The lowest BCUT2D eigenvalue weighted by atomic mass is 9.96. The molecule has 2 atom stereocenters. The fourth-order valence-corrected chi connectivity index (χ4v) is 3.63. The Morgan fingerprint density at radius 2 is 1.90 bits per heavy atom. The average molecular weight is 415 g/mol. The molecule has 0 unspecified atom stereocenters. The zero-order valence-electron chi connectivity index (χ0n) is 17.4. The van der Waals surface area contributed by atoms with Gasteiger partial charge in [0.05, 0.1) is 0 Å². The summed E-state index contributed by atoms with van der Waals surface area (Å²) in [7, 11) is 0. The predicted octanol–water partition coefficient (Wildman–Crippen LogP) is 1.07. The molecule has 8 nitrogen and oxygen atoms in total. The van der Waals surface area contributed by atoms with Crippen molar-refractivity contribution < 1.29 is 24.3 Å². The highest BCUT2D eigenvalue weighted by Gasteiger charge is 2.41. The van der Waals surface area contributed by atoms with Crippen LogP contribution in [0.1, 0.15) is 25.8 Å². The maximum Gasteiger partial charge on any atom is 0.322 e. The van der Waals surface area contributed by atoms with Crippen molar-refractivity contribution in [3.05, 3.63) is 48.6 Å². The van der Waals surface area contributed by atoms with E-state index in [0.717, 1.165) is 5.56 Å². The van der Waals surface area contributed by atoms with Crippen molar-refractivity contribution in [2.24, 2.45) is 5.92 Å². The van der Waals surface area contributed by atoms with E-state index >= 15 is 0 Å². The molecule has 1 saturated heterocycles. The number of carbonyl (C=O) groups is 4. The molecule has 1 aliphatic rings. The maximum atomic E-state index is 13.4. The second kappa shape index (κ2) is 10.6. The number of carboxylic acid groups (broad SMARTS) is 1. The monoisotopic (exact) mass is 415 g/mol. The molecule has 1 aromatic rings. The summed E-state index contributed by atoms with van der Waals surface area (Å²) in [4.78, 5) is 52.4. The third-order valence-corrected chi connectivity index (χ3v) is 5.04. The van der Waals surface area contributed by atoms with Gasteiger partial charge in [0.25, 0.3) is 0 Å². The Morgan fingerprint density at radius 1 is 1.23 bits per heavy atom. The van der Waals surface area contributed by atoms with Gasteiger partial charge in [0.2, 0.25) is 17.7 Å². The van der Waals surface area contributed by atoms with Crippen molar-refractivity contribution >= 4 is 23.7 Å². The fraction of sp³-hybridized carbons (Fsp3) is 0.455. The number of nitrogens with zero attached hydrogens (tertiary/aromatic N) is 2. The lowest BCUT2D eigenvalue weighted by Gasteiger charge is -2.43. The Morgan fingerprint density at radius 3 is 2.47 bits per heavy atom. The maximum absolute atomic E-state index is 13.4. The van der Waals surface area contributed by atoms with E-state index in [1.807, 2.05) is 44.2 Å². The molecule has 1 heterocycles. The minimum Gasteiger partial charge on any atom is -0.480 e. The molecular formula is C22H29N3O5. The molecule has 0 aromatic heterocycles. The number of carboxylic acids is 1. The summed E-state index contributed by atoms with van der Waals surface area (Å²) in [5, 5.41) is 11.3. The van der Waals surface area contributed by atoms with Crippen molar-refractivity contribution in [2.75, 3.05) is 19.6 Å². The molecule has 2 N–H and O–H groups in total. The number of rotatable bonds is 9. The van der Waals surface area contributed by atoms with Crippen LogP contribution in [-0.4, -0.2) is 70.3 Å². The molecule has 0 spiro atoms. The van der Waals surface area contributed by atoms with E-state index in [9.17, 15) is 19.2 Å². The third-order valence-electron chi connectivity index (χ3n) is 5.04. The van der Waals surface area contributed by atoms with Gasteiger partial charge in [-0.2, -0.15) is 0 Å². The summed E-state index contributed by atoms with van der Waals surface area (Å²) in [6, 6.07) is 7.68. The zero-order valence-corrected chi connectivity index (χ0v) is 17.4. The van der Waals surface area contributed by atoms with E-state index in [4.69, 9.17) is 5.11 Å². The largest absolute Gasteiger partial charge is 0.480 e. The number of amides is 3. The quantitative estimate of drug-likeness (QED) is 0.587. The minimum absolute atomic E-state index is 0.160. The summed E-state index contributed by atoms with van der Waals surface area (Å²) < 4.78 is 0. The van der Waals surface area contributed by atoms with Gasteiger partial charge in [0.15, 0.2) is 0 Å². The standard InChI is InChI=1S/C22H29N3O5/c1-4-19(26)24-10-11-25(22(30)18(24)12-15(2)3)17(21(29)23-14-20(27)28)13-16-8-6-5-7-9-16/h4-9,15,17-18H,1,10-14H2,2-3H3,(H,23,29)(H,27,28)/t17-,18-/m0/s1. The molecule has 30 heavy (non-hydrogen) atoms. The third kappa shape index (κ3) is 5.92. The lowest BCUT2D eigenvalue weighted by molar-refractivity contribution is -0.155. The molecular weight excluding hydrogens is 386 g/mol. The molecule has 3 amide bonds. The van der Waals surface area contributed by atoms with Gasteiger partial charge in [0.1, 0.15) is 18.6 Å². The van der Waals surface area contributed by atoms with Crippen LogP contribution < -0.4 is 5.32 Å². The van der Waals surface area contributed by atoms with E-state index in [0.29, 0.717) is 6.42 Å². The van der Waals surface area contributed by atoms with E-state index in [-0.39, 0.29) is 37.2 Å². The molecule has 1 aliphatic heterocycles. The first-order valence-electron chi connectivity index (χ1n) is 10.0. The van der Waals surface area contributed by atoms with Crippen LogP contribution in [0.4, 0.5) is 0 Å². The Kier molecular flexibility index (Phi) is 8.15. The van der Waals surface area contributed by atoms with Crippen molar-refractivity contribution in [3.63, 3.8) is 0 Å². The Labute approximate surface area is 176 Å². The van der Waals surface area contributed by atoms with Crippen LogP contribution in [0.5, 0.6) is 0 Å². The molecule has 162 valence electrons. The van der Waals surface area contributed by atoms with Crippen LogP contribution in [0.2, 0.25) is 0 Å². The van der Waals surface area contributed by atoms with Gasteiger partial charge in [-0.1, -0.05) is 50.8 Å². The smallest absolute Gasteiger partial charge is 0.322 e. The van der Waals surface area contributed by atoms with Crippen LogP contribution in [0, 0.1) is 5.92 Å². The molecule has 2 rings (SSSR count). The molecule has 0 aliphatic carbocycles. The number of carbonyl (C=O) groups excluding carboxylic acids is 3. The number of benzene rings is 1. The van der Waals surface area contributed by atoms with Gasteiger partial charge in [-0.15, -0.1) is 0 Å². The molecule has 1 fully saturated rings. The van der Waals surface area contributed by atoms with Gasteiger partial charge in [-0.25, -0.2) is 0 Å². The second-order valence-electron chi connectivity index (χ2n) is 7.73. The minimum atomic E-state index is -1.16. The fourth-order valence-electron chi connectivity index (χ4n) is 3.63.